The molecule has 0 atom stereocenters. The van der Waals surface area contributed by atoms with E-state index in [2.05, 4.69) is 10.1 Å². The number of methoxy groups -OCH3 is 1. The molecule has 170 valence electrons. The molecule has 2 aromatic heterocycles. The molecule has 0 N–H and O–H groups in total. The number of ether oxygens (including phenoxy) is 1. The van der Waals surface area contributed by atoms with E-state index >= 15 is 0 Å². The van der Waals surface area contributed by atoms with E-state index in [1.165, 1.54) is 0 Å². The van der Waals surface area contributed by atoms with E-state index in [-0.39, 0.29) is 11.8 Å². The SMILES string of the molecule is COc1cc(CN2CCn3nc4c(c3C2=O)CN(C(=O)c2ccc(Cl)c(Cl)c2)CC4)ccn1. The fourth-order valence-corrected chi connectivity index (χ4v) is 4.61. The van der Waals surface area contributed by atoms with E-state index in [0.29, 0.717) is 66.3 Å². The fourth-order valence-electron chi connectivity index (χ4n) is 4.31. The monoisotopic (exact) mass is 485 g/mol. The van der Waals surface area contributed by atoms with Crippen molar-refractivity contribution >= 4 is 35.0 Å². The first-order valence-corrected chi connectivity index (χ1v) is 11.3. The Morgan fingerprint density at radius 1 is 1.12 bits per heavy atom. The summed E-state index contributed by atoms with van der Waals surface area (Å²) in [5.41, 5.74) is 3.66. The number of rotatable bonds is 4. The van der Waals surface area contributed by atoms with Gasteiger partial charge in [0, 0.05) is 49.4 Å². The number of fused-ring (bicyclic) bond motifs is 3. The highest BCUT2D eigenvalue weighted by atomic mass is 35.5. The maximum Gasteiger partial charge on any atom is 0.272 e. The van der Waals surface area contributed by atoms with Crippen LogP contribution in [0.1, 0.15) is 37.7 Å². The van der Waals surface area contributed by atoms with E-state index in [1.54, 1.807) is 46.0 Å². The van der Waals surface area contributed by atoms with Crippen molar-refractivity contribution in [3.05, 3.63) is 74.7 Å². The largest absolute Gasteiger partial charge is 0.481 e. The highest BCUT2D eigenvalue weighted by molar-refractivity contribution is 6.42. The summed E-state index contributed by atoms with van der Waals surface area (Å²) in [7, 11) is 1.56. The Labute approximate surface area is 200 Å². The van der Waals surface area contributed by atoms with Crippen molar-refractivity contribution < 1.29 is 14.3 Å². The highest BCUT2D eigenvalue weighted by Gasteiger charge is 2.35. The number of nitrogens with zero attached hydrogens (tertiary/aromatic N) is 5. The van der Waals surface area contributed by atoms with E-state index in [1.807, 2.05) is 12.1 Å². The number of carbonyl (C=O) groups is 2. The van der Waals surface area contributed by atoms with Gasteiger partial charge in [0.2, 0.25) is 5.88 Å². The zero-order valence-electron chi connectivity index (χ0n) is 17.9. The van der Waals surface area contributed by atoms with E-state index in [9.17, 15) is 9.59 Å². The molecule has 10 heteroatoms. The zero-order chi connectivity index (χ0) is 23.1. The Kier molecular flexibility index (Phi) is 5.72. The van der Waals surface area contributed by atoms with E-state index in [0.717, 1.165) is 16.8 Å². The number of carbonyl (C=O) groups excluding carboxylic acids is 2. The van der Waals surface area contributed by atoms with Crippen LogP contribution in [0.2, 0.25) is 10.0 Å². The van der Waals surface area contributed by atoms with Gasteiger partial charge in [-0.3, -0.25) is 14.3 Å². The minimum atomic E-state index is -0.150. The average molecular weight is 486 g/mol. The standard InChI is InChI=1S/C23H21Cl2N5O3/c1-33-20-10-14(4-6-26-20)12-29-8-9-30-21(23(29)32)16-13-28(7-5-19(16)27-30)22(31)15-2-3-17(24)18(25)11-15/h2-4,6,10-11H,5,7-9,12-13H2,1H3. The number of pyridine rings is 1. The van der Waals surface area contributed by atoms with Gasteiger partial charge >= 0.3 is 0 Å². The minimum absolute atomic E-state index is 0.0883. The van der Waals surface area contributed by atoms with Crippen LogP contribution in [0.4, 0.5) is 0 Å². The predicted octanol–water partition coefficient (Wildman–Crippen LogP) is 3.45. The Balaban J connectivity index is 1.38. The van der Waals surface area contributed by atoms with Gasteiger partial charge in [0.15, 0.2) is 0 Å². The Hall–Kier alpha value is -3.10. The van der Waals surface area contributed by atoms with Crippen LogP contribution in [-0.4, -0.2) is 56.6 Å². The van der Waals surface area contributed by atoms with Crippen LogP contribution in [0.3, 0.4) is 0 Å². The lowest BCUT2D eigenvalue weighted by molar-refractivity contribution is 0.0670. The first-order valence-electron chi connectivity index (χ1n) is 10.6. The van der Waals surface area contributed by atoms with Crippen molar-refractivity contribution in [2.24, 2.45) is 0 Å². The number of aromatic nitrogens is 3. The van der Waals surface area contributed by atoms with E-state index in [4.69, 9.17) is 27.9 Å². The molecular formula is C23H21Cl2N5O3. The molecule has 0 saturated heterocycles. The lowest BCUT2D eigenvalue weighted by Crippen LogP contribution is -2.41. The molecule has 0 radical (unpaired) electrons. The molecule has 2 amide bonds. The maximum absolute atomic E-state index is 13.4. The van der Waals surface area contributed by atoms with Gasteiger partial charge in [-0.15, -0.1) is 0 Å². The molecule has 33 heavy (non-hydrogen) atoms. The van der Waals surface area contributed by atoms with Gasteiger partial charge in [0.05, 0.1) is 35.9 Å². The molecule has 2 aliphatic rings. The third-order valence-corrected chi connectivity index (χ3v) is 6.75. The molecule has 0 saturated carbocycles. The van der Waals surface area contributed by atoms with E-state index < -0.39 is 0 Å². The molecule has 4 heterocycles. The first kappa shape index (κ1) is 21.7. The first-order chi connectivity index (χ1) is 15.9. The number of hydrogen-bond acceptors (Lipinski definition) is 5. The van der Waals surface area contributed by atoms with Crippen LogP contribution < -0.4 is 4.74 Å². The highest BCUT2D eigenvalue weighted by Crippen LogP contribution is 2.29. The molecule has 0 bridgehead atoms. The summed E-state index contributed by atoms with van der Waals surface area (Å²) in [6, 6.07) is 8.55. The molecular weight excluding hydrogens is 465 g/mol. The molecule has 0 spiro atoms. The van der Waals surface area contributed by atoms with Crippen LogP contribution in [0.25, 0.3) is 0 Å². The van der Waals surface area contributed by atoms with Gasteiger partial charge in [-0.25, -0.2) is 4.98 Å². The number of halogens is 2. The second-order valence-electron chi connectivity index (χ2n) is 8.04. The van der Waals surface area contributed by atoms with Crippen molar-refractivity contribution in [2.45, 2.75) is 26.1 Å². The van der Waals surface area contributed by atoms with Gasteiger partial charge in [0.1, 0.15) is 5.69 Å². The summed E-state index contributed by atoms with van der Waals surface area (Å²) in [5.74, 6) is 0.272. The van der Waals surface area contributed by atoms with Crippen LogP contribution in [0, 0.1) is 0 Å². The molecule has 0 aliphatic carbocycles. The molecule has 1 aromatic carbocycles. The van der Waals surface area contributed by atoms with Crippen molar-refractivity contribution in [3.63, 3.8) is 0 Å². The summed E-state index contributed by atoms with van der Waals surface area (Å²) in [4.78, 5) is 34.2. The van der Waals surface area contributed by atoms with Crippen molar-refractivity contribution in [1.29, 1.82) is 0 Å². The van der Waals surface area contributed by atoms with Crippen molar-refractivity contribution in [1.82, 2.24) is 24.6 Å². The zero-order valence-corrected chi connectivity index (χ0v) is 19.4. The average Bonchev–Trinajstić information content (AvgIpc) is 3.21. The lowest BCUT2D eigenvalue weighted by atomic mass is 10.0. The Morgan fingerprint density at radius 2 is 1.97 bits per heavy atom. The fraction of sp³-hybridized carbons (Fsp3) is 0.304. The van der Waals surface area contributed by atoms with Gasteiger partial charge < -0.3 is 14.5 Å². The van der Waals surface area contributed by atoms with Gasteiger partial charge in [-0.2, -0.15) is 5.10 Å². The van der Waals surface area contributed by atoms with Crippen molar-refractivity contribution in [2.75, 3.05) is 20.2 Å². The second-order valence-corrected chi connectivity index (χ2v) is 8.85. The number of hydrogen-bond donors (Lipinski definition) is 0. The molecule has 5 rings (SSSR count). The third kappa shape index (κ3) is 4.05. The summed E-state index contributed by atoms with van der Waals surface area (Å²) in [5, 5.41) is 5.40. The molecule has 3 aromatic rings. The number of amides is 2. The van der Waals surface area contributed by atoms with Gasteiger partial charge in [-0.05, 0) is 29.8 Å². The molecule has 0 unspecified atom stereocenters. The van der Waals surface area contributed by atoms with Gasteiger partial charge in [0.25, 0.3) is 11.8 Å². The predicted molar refractivity (Wildman–Crippen MR) is 123 cm³/mol. The van der Waals surface area contributed by atoms with Crippen LogP contribution in [0.5, 0.6) is 5.88 Å². The summed E-state index contributed by atoms with van der Waals surface area (Å²) < 4.78 is 6.97. The normalized spacial score (nSPS) is 15.3. The summed E-state index contributed by atoms with van der Waals surface area (Å²) >= 11 is 12.1. The van der Waals surface area contributed by atoms with Crippen LogP contribution in [0.15, 0.2) is 36.5 Å². The smallest absolute Gasteiger partial charge is 0.272 e. The van der Waals surface area contributed by atoms with Crippen LogP contribution in [-0.2, 0) is 26.1 Å². The minimum Gasteiger partial charge on any atom is -0.481 e. The van der Waals surface area contributed by atoms with Gasteiger partial charge in [-0.1, -0.05) is 23.2 Å². The lowest BCUT2D eigenvalue weighted by Gasteiger charge is -2.30. The Bertz CT molecular complexity index is 1260. The van der Waals surface area contributed by atoms with Crippen molar-refractivity contribution in [3.8, 4) is 5.88 Å². The third-order valence-electron chi connectivity index (χ3n) is 6.01. The molecule has 2 aliphatic heterocycles. The summed E-state index contributed by atoms with van der Waals surface area (Å²) in [6.45, 7) is 2.47. The topological polar surface area (TPSA) is 80.6 Å². The Morgan fingerprint density at radius 3 is 2.76 bits per heavy atom. The number of benzene rings is 1. The second kappa shape index (κ2) is 8.68. The quantitative estimate of drug-likeness (QED) is 0.565. The molecule has 0 fully saturated rings. The molecule has 8 nitrogen and oxygen atoms in total. The summed E-state index contributed by atoms with van der Waals surface area (Å²) in [6.07, 6.45) is 2.26. The maximum atomic E-state index is 13.4. The van der Waals surface area contributed by atoms with Crippen LogP contribution >= 0.6 is 23.2 Å².